The van der Waals surface area contributed by atoms with Gasteiger partial charge in [-0.25, -0.2) is 0 Å². The molecular formula is C27H27N5O3. The molecule has 2 aromatic carbocycles. The predicted octanol–water partition coefficient (Wildman–Crippen LogP) is 3.07. The van der Waals surface area contributed by atoms with Crippen molar-refractivity contribution in [3.8, 4) is 5.75 Å². The van der Waals surface area contributed by atoms with Crippen LogP contribution in [0.25, 0.3) is 10.9 Å². The molecule has 0 spiro atoms. The number of hydrogen-bond acceptors (Lipinski definition) is 5. The molecular weight excluding hydrogens is 442 g/mol. The average molecular weight is 470 g/mol. The van der Waals surface area contributed by atoms with Crippen molar-refractivity contribution in [2.24, 2.45) is 7.05 Å². The van der Waals surface area contributed by atoms with Gasteiger partial charge in [-0.1, -0.05) is 30.3 Å². The number of hydrogen-bond donors (Lipinski definition) is 0. The lowest BCUT2D eigenvalue weighted by atomic mass is 10.2. The lowest BCUT2D eigenvalue weighted by Gasteiger charge is -2.34. The standard InChI is InChI=1S/C27H27N5O3/c1-30-24-8-7-23(35-19-20-5-3-2-4-6-20)15-21(24)16-25(30)27(34)32-13-11-31(12-14-32)26(33)17-22-18-28-9-10-29-22/h2-10,15-16,18H,11-14,17,19H2,1H3. The van der Waals surface area contributed by atoms with E-state index in [9.17, 15) is 9.59 Å². The van der Waals surface area contributed by atoms with Crippen LogP contribution >= 0.6 is 0 Å². The third-order valence-electron chi connectivity index (χ3n) is 6.35. The van der Waals surface area contributed by atoms with Gasteiger partial charge in [0.25, 0.3) is 5.91 Å². The molecule has 0 aliphatic carbocycles. The molecule has 0 unspecified atom stereocenters. The van der Waals surface area contributed by atoms with Gasteiger partial charge in [-0.05, 0) is 29.8 Å². The fourth-order valence-electron chi connectivity index (χ4n) is 4.37. The van der Waals surface area contributed by atoms with Crippen molar-refractivity contribution in [3.05, 3.63) is 90.1 Å². The summed E-state index contributed by atoms with van der Waals surface area (Å²) in [6.45, 7) is 2.50. The Balaban J connectivity index is 1.22. The van der Waals surface area contributed by atoms with Crippen molar-refractivity contribution < 1.29 is 14.3 Å². The van der Waals surface area contributed by atoms with E-state index < -0.39 is 0 Å². The van der Waals surface area contributed by atoms with Crippen LogP contribution in [0.3, 0.4) is 0 Å². The van der Waals surface area contributed by atoms with Crippen LogP contribution in [0.1, 0.15) is 21.7 Å². The van der Waals surface area contributed by atoms with Crippen LogP contribution in [0.2, 0.25) is 0 Å². The van der Waals surface area contributed by atoms with Crippen LogP contribution in [0.15, 0.2) is 73.2 Å². The smallest absolute Gasteiger partial charge is 0.270 e. The van der Waals surface area contributed by atoms with Crippen molar-refractivity contribution >= 4 is 22.7 Å². The predicted molar refractivity (Wildman–Crippen MR) is 132 cm³/mol. The fraction of sp³-hybridized carbons (Fsp3) is 0.259. The highest BCUT2D eigenvalue weighted by Gasteiger charge is 2.27. The van der Waals surface area contributed by atoms with Gasteiger partial charge in [-0.15, -0.1) is 0 Å². The molecule has 0 bridgehead atoms. The number of ether oxygens (including phenoxy) is 1. The fourth-order valence-corrected chi connectivity index (χ4v) is 4.37. The zero-order chi connectivity index (χ0) is 24.2. The second-order valence-corrected chi connectivity index (χ2v) is 8.63. The summed E-state index contributed by atoms with van der Waals surface area (Å²) in [6, 6.07) is 17.8. The number of amides is 2. The number of piperazine rings is 1. The summed E-state index contributed by atoms with van der Waals surface area (Å²) in [5, 5.41) is 0.958. The zero-order valence-electron chi connectivity index (χ0n) is 19.6. The normalized spacial score (nSPS) is 13.7. The maximum atomic E-state index is 13.3. The average Bonchev–Trinajstić information content (AvgIpc) is 3.24. The molecule has 0 radical (unpaired) electrons. The molecule has 1 fully saturated rings. The van der Waals surface area contributed by atoms with Gasteiger partial charge in [-0.3, -0.25) is 19.6 Å². The highest BCUT2D eigenvalue weighted by Crippen LogP contribution is 2.25. The van der Waals surface area contributed by atoms with Gasteiger partial charge in [0.05, 0.1) is 12.1 Å². The number of aromatic nitrogens is 3. The van der Waals surface area contributed by atoms with E-state index in [1.165, 1.54) is 0 Å². The van der Waals surface area contributed by atoms with Gasteiger partial charge in [0.15, 0.2) is 0 Å². The number of nitrogens with zero attached hydrogens (tertiary/aromatic N) is 5. The van der Waals surface area contributed by atoms with Crippen LogP contribution < -0.4 is 4.74 Å². The molecule has 35 heavy (non-hydrogen) atoms. The molecule has 8 nitrogen and oxygen atoms in total. The Bertz CT molecular complexity index is 1330. The molecule has 2 amide bonds. The van der Waals surface area contributed by atoms with Crippen LogP contribution in [0, 0.1) is 0 Å². The minimum absolute atomic E-state index is 0.00485. The highest BCUT2D eigenvalue weighted by molar-refractivity contribution is 5.99. The Morgan fingerprint density at radius 2 is 1.71 bits per heavy atom. The second kappa shape index (κ2) is 9.97. The minimum Gasteiger partial charge on any atom is -0.489 e. The summed E-state index contributed by atoms with van der Waals surface area (Å²) in [5.41, 5.74) is 3.35. The molecule has 1 saturated heterocycles. The number of rotatable bonds is 6. The van der Waals surface area contributed by atoms with Crippen molar-refractivity contribution in [1.29, 1.82) is 0 Å². The number of fused-ring (bicyclic) bond motifs is 1. The van der Waals surface area contributed by atoms with E-state index in [1.54, 1.807) is 23.5 Å². The Morgan fingerprint density at radius 3 is 2.46 bits per heavy atom. The van der Waals surface area contributed by atoms with E-state index in [2.05, 4.69) is 9.97 Å². The Kier molecular flexibility index (Phi) is 6.43. The van der Waals surface area contributed by atoms with Crippen molar-refractivity contribution in [2.45, 2.75) is 13.0 Å². The van der Waals surface area contributed by atoms with Gasteiger partial charge in [0.1, 0.15) is 18.1 Å². The van der Waals surface area contributed by atoms with Crippen molar-refractivity contribution in [1.82, 2.24) is 24.3 Å². The van der Waals surface area contributed by atoms with E-state index in [0.717, 1.165) is 22.2 Å². The van der Waals surface area contributed by atoms with Crippen LogP contribution in [0.5, 0.6) is 5.75 Å². The lowest BCUT2D eigenvalue weighted by molar-refractivity contribution is -0.132. The molecule has 5 rings (SSSR count). The first-order valence-corrected chi connectivity index (χ1v) is 11.7. The van der Waals surface area contributed by atoms with E-state index in [1.807, 2.05) is 71.1 Å². The zero-order valence-corrected chi connectivity index (χ0v) is 19.6. The molecule has 8 heteroatoms. The largest absolute Gasteiger partial charge is 0.489 e. The van der Waals surface area contributed by atoms with E-state index in [0.29, 0.717) is 44.2 Å². The van der Waals surface area contributed by atoms with Gasteiger partial charge < -0.3 is 19.1 Å². The van der Waals surface area contributed by atoms with E-state index in [4.69, 9.17) is 4.74 Å². The third kappa shape index (κ3) is 5.01. The van der Waals surface area contributed by atoms with E-state index >= 15 is 0 Å². The minimum atomic E-state index is -0.0310. The van der Waals surface area contributed by atoms with Crippen molar-refractivity contribution in [3.63, 3.8) is 0 Å². The molecule has 1 aliphatic rings. The topological polar surface area (TPSA) is 80.6 Å². The highest BCUT2D eigenvalue weighted by atomic mass is 16.5. The molecule has 0 saturated carbocycles. The third-order valence-corrected chi connectivity index (χ3v) is 6.35. The second-order valence-electron chi connectivity index (χ2n) is 8.63. The SMILES string of the molecule is Cn1c(C(=O)N2CCN(C(=O)Cc3cnccn3)CC2)cc2cc(OCc3ccccc3)ccc21. The molecule has 3 heterocycles. The molecule has 1 aliphatic heterocycles. The number of aryl methyl sites for hydroxylation is 1. The van der Waals surface area contributed by atoms with Gasteiger partial charge >= 0.3 is 0 Å². The summed E-state index contributed by atoms with van der Waals surface area (Å²) in [4.78, 5) is 37.7. The Morgan fingerprint density at radius 1 is 0.943 bits per heavy atom. The van der Waals surface area contributed by atoms with Crippen LogP contribution in [-0.4, -0.2) is 62.3 Å². The number of carbonyl (C=O) groups excluding carboxylic acids is 2. The van der Waals surface area contributed by atoms with E-state index in [-0.39, 0.29) is 18.2 Å². The monoisotopic (exact) mass is 469 g/mol. The summed E-state index contributed by atoms with van der Waals surface area (Å²) < 4.78 is 7.87. The first-order chi connectivity index (χ1) is 17.1. The number of carbonyl (C=O) groups is 2. The molecule has 178 valence electrons. The molecule has 4 aromatic rings. The first-order valence-electron chi connectivity index (χ1n) is 11.7. The maximum Gasteiger partial charge on any atom is 0.270 e. The van der Waals surface area contributed by atoms with Gasteiger partial charge in [0, 0.05) is 62.7 Å². The Hall–Kier alpha value is -4.20. The maximum absolute atomic E-state index is 13.3. The summed E-state index contributed by atoms with van der Waals surface area (Å²) in [7, 11) is 1.90. The lowest BCUT2D eigenvalue weighted by Crippen LogP contribution is -2.51. The van der Waals surface area contributed by atoms with Crippen molar-refractivity contribution in [2.75, 3.05) is 26.2 Å². The summed E-state index contributed by atoms with van der Waals surface area (Å²) in [5.74, 6) is 0.739. The molecule has 0 N–H and O–H groups in total. The quantitative estimate of drug-likeness (QED) is 0.434. The molecule has 0 atom stereocenters. The van der Waals surface area contributed by atoms with Gasteiger partial charge in [-0.2, -0.15) is 0 Å². The van der Waals surface area contributed by atoms with Crippen LogP contribution in [0.4, 0.5) is 0 Å². The summed E-state index contributed by atoms with van der Waals surface area (Å²) >= 11 is 0. The first kappa shape index (κ1) is 22.6. The Labute approximate surface area is 203 Å². The van der Waals surface area contributed by atoms with Crippen LogP contribution in [-0.2, 0) is 24.9 Å². The van der Waals surface area contributed by atoms with Gasteiger partial charge in [0.2, 0.25) is 5.91 Å². The number of benzene rings is 2. The molecule has 2 aromatic heterocycles. The summed E-state index contributed by atoms with van der Waals surface area (Å²) in [6.07, 6.45) is 5.00.